The molecule has 1 rings (SSSR count). The van der Waals surface area contributed by atoms with Gasteiger partial charge in [0.25, 0.3) is 0 Å². The Bertz CT molecular complexity index is 155. The summed E-state index contributed by atoms with van der Waals surface area (Å²) in [5.74, 6) is 0. The molecule has 13 heavy (non-hydrogen) atoms. The van der Waals surface area contributed by atoms with Gasteiger partial charge < -0.3 is 30.9 Å². The highest BCUT2D eigenvalue weighted by atomic mass is 31.0. The number of aliphatic hydroxyl groups excluding tert-OH is 4. The van der Waals surface area contributed by atoms with E-state index in [1.807, 2.05) is 0 Å². The normalized spacial score (nSPS) is 45.5. The van der Waals surface area contributed by atoms with Crippen molar-refractivity contribution in [2.24, 2.45) is 5.73 Å². The van der Waals surface area contributed by atoms with Crippen molar-refractivity contribution in [2.45, 2.75) is 30.6 Å². The molecule has 2 unspecified atom stereocenters. The molecule has 0 amide bonds. The van der Waals surface area contributed by atoms with Crippen molar-refractivity contribution in [2.75, 3.05) is 6.61 Å². The molecule has 1 aliphatic rings. The van der Waals surface area contributed by atoms with E-state index in [-0.39, 0.29) is 9.90 Å². The lowest BCUT2D eigenvalue weighted by Gasteiger charge is -2.38. The Hall–Kier alpha value is 0.190. The fourth-order valence-corrected chi connectivity index (χ4v) is 1.12. The van der Waals surface area contributed by atoms with Gasteiger partial charge in [-0.25, -0.2) is 0 Å². The van der Waals surface area contributed by atoms with Crippen LogP contribution in [-0.2, 0) is 4.74 Å². The maximum Gasteiger partial charge on any atom is 0.173 e. The minimum Gasteiger partial charge on any atom is -0.394 e. The van der Waals surface area contributed by atoms with Gasteiger partial charge in [-0.15, -0.1) is 0 Å². The zero-order valence-corrected chi connectivity index (χ0v) is 8.49. The van der Waals surface area contributed by atoms with Gasteiger partial charge in [0.05, 0.1) is 12.6 Å². The predicted molar refractivity (Wildman–Crippen MR) is 49.1 cm³/mol. The lowest BCUT2D eigenvalue weighted by Crippen LogP contribution is -2.61. The number of aliphatic hydroxyl groups is 4. The van der Waals surface area contributed by atoms with E-state index in [0.717, 1.165) is 0 Å². The van der Waals surface area contributed by atoms with Crippen molar-refractivity contribution in [3.8, 4) is 0 Å². The summed E-state index contributed by atoms with van der Waals surface area (Å²) in [6.45, 7) is -0.470. The molecule has 6 atom stereocenters. The summed E-state index contributed by atoms with van der Waals surface area (Å²) < 4.78 is 4.70. The molecule has 7 heteroatoms. The summed E-state index contributed by atoms with van der Waals surface area (Å²) in [5, 5.41) is 36.1. The molecule has 0 aromatic rings. The number of hydrogen-bond acceptors (Lipinski definition) is 6. The standard InChI is InChI=1S/C6H13NO5.H3P/c7-3-5(10)4(9)2(1-8)12-6(3)11;/h2-6,8-11H,1,7H2;1H3/t2-,3-,4-,5-,6?;/m1./s1. The van der Waals surface area contributed by atoms with Crippen LogP contribution in [0.5, 0.6) is 0 Å². The maximum atomic E-state index is 9.20. The van der Waals surface area contributed by atoms with Gasteiger partial charge in [-0.05, 0) is 0 Å². The third-order valence-electron chi connectivity index (χ3n) is 1.95. The Balaban J connectivity index is 0.00000144. The monoisotopic (exact) mass is 213 g/mol. The quantitative estimate of drug-likeness (QED) is 0.293. The molecule has 80 valence electrons. The Morgan fingerprint density at radius 2 is 1.69 bits per heavy atom. The number of ether oxygens (including phenoxy) is 1. The summed E-state index contributed by atoms with van der Waals surface area (Å²) >= 11 is 0. The van der Waals surface area contributed by atoms with Crippen molar-refractivity contribution in [1.29, 1.82) is 0 Å². The van der Waals surface area contributed by atoms with Crippen LogP contribution in [0.3, 0.4) is 0 Å². The molecule has 0 spiro atoms. The van der Waals surface area contributed by atoms with Crippen molar-refractivity contribution in [3.05, 3.63) is 0 Å². The van der Waals surface area contributed by atoms with Crippen LogP contribution in [0.15, 0.2) is 0 Å². The second-order valence-corrected chi connectivity index (χ2v) is 2.81. The number of rotatable bonds is 1. The van der Waals surface area contributed by atoms with Crippen LogP contribution in [0.4, 0.5) is 0 Å². The van der Waals surface area contributed by atoms with Crippen LogP contribution in [-0.4, -0.2) is 57.7 Å². The first-order chi connectivity index (χ1) is 5.57. The lowest BCUT2D eigenvalue weighted by molar-refractivity contribution is -0.248. The molecular formula is C6H16NO5P. The van der Waals surface area contributed by atoms with E-state index >= 15 is 0 Å². The molecule has 1 aliphatic heterocycles. The second-order valence-electron chi connectivity index (χ2n) is 2.81. The fraction of sp³-hybridized carbons (Fsp3) is 1.00. The van der Waals surface area contributed by atoms with Crippen molar-refractivity contribution < 1.29 is 25.2 Å². The lowest BCUT2D eigenvalue weighted by atomic mass is 9.98. The smallest absolute Gasteiger partial charge is 0.173 e. The first-order valence-electron chi connectivity index (χ1n) is 3.64. The maximum absolute atomic E-state index is 9.20. The summed E-state index contributed by atoms with van der Waals surface area (Å²) in [4.78, 5) is 0. The molecule has 0 aromatic heterocycles. The first kappa shape index (κ1) is 13.2. The molecule has 1 heterocycles. The van der Waals surface area contributed by atoms with Crippen molar-refractivity contribution >= 4 is 9.90 Å². The average Bonchev–Trinajstić information content (AvgIpc) is 2.08. The molecule has 1 saturated heterocycles. The summed E-state index contributed by atoms with van der Waals surface area (Å²) in [5.41, 5.74) is 5.26. The van der Waals surface area contributed by atoms with Crippen molar-refractivity contribution in [1.82, 2.24) is 0 Å². The molecule has 6 N–H and O–H groups in total. The van der Waals surface area contributed by atoms with Gasteiger partial charge in [0.1, 0.15) is 18.3 Å². The highest BCUT2D eigenvalue weighted by Crippen LogP contribution is 2.17. The van der Waals surface area contributed by atoms with E-state index < -0.39 is 37.3 Å². The van der Waals surface area contributed by atoms with Crippen LogP contribution >= 0.6 is 9.90 Å². The van der Waals surface area contributed by atoms with E-state index in [0.29, 0.717) is 0 Å². The van der Waals surface area contributed by atoms with E-state index in [1.54, 1.807) is 0 Å². The Kier molecular flexibility index (Phi) is 5.24. The largest absolute Gasteiger partial charge is 0.394 e. The molecule has 0 radical (unpaired) electrons. The molecule has 6 nitrogen and oxygen atoms in total. The second kappa shape index (κ2) is 5.17. The van der Waals surface area contributed by atoms with Gasteiger partial charge in [-0.3, -0.25) is 0 Å². The zero-order valence-electron chi connectivity index (χ0n) is 7.08. The predicted octanol–water partition coefficient (Wildman–Crippen LogP) is -3.20. The summed E-state index contributed by atoms with van der Waals surface area (Å²) in [6.07, 6.45) is -4.85. The highest BCUT2D eigenvalue weighted by Gasteiger charge is 2.41. The van der Waals surface area contributed by atoms with Crippen LogP contribution in [0.25, 0.3) is 0 Å². The van der Waals surface area contributed by atoms with Gasteiger partial charge in [0, 0.05) is 0 Å². The van der Waals surface area contributed by atoms with Gasteiger partial charge in [0.15, 0.2) is 6.29 Å². The minimum absolute atomic E-state index is 0. The van der Waals surface area contributed by atoms with Crippen molar-refractivity contribution in [3.63, 3.8) is 0 Å². The van der Waals surface area contributed by atoms with E-state index in [2.05, 4.69) is 0 Å². The van der Waals surface area contributed by atoms with E-state index in [9.17, 15) is 10.2 Å². The van der Waals surface area contributed by atoms with Crippen LogP contribution in [0, 0.1) is 0 Å². The highest BCUT2D eigenvalue weighted by molar-refractivity contribution is 6.92. The Labute approximate surface area is 78.9 Å². The SMILES string of the molecule is N[C@H]1C(O)O[C@H](CO)[C@@H](O)[C@@H]1O.P. The van der Waals surface area contributed by atoms with E-state index in [4.69, 9.17) is 20.7 Å². The third kappa shape index (κ3) is 2.57. The molecule has 0 saturated carbocycles. The van der Waals surface area contributed by atoms with Gasteiger partial charge in [-0.2, -0.15) is 9.90 Å². The average molecular weight is 213 g/mol. The minimum atomic E-state index is -1.35. The summed E-state index contributed by atoms with van der Waals surface area (Å²) in [6, 6.07) is -1.04. The molecule has 1 fully saturated rings. The van der Waals surface area contributed by atoms with E-state index in [1.165, 1.54) is 0 Å². The zero-order chi connectivity index (χ0) is 9.30. The molecule has 0 bridgehead atoms. The first-order valence-corrected chi connectivity index (χ1v) is 3.64. The van der Waals surface area contributed by atoms with Gasteiger partial charge >= 0.3 is 0 Å². The van der Waals surface area contributed by atoms with Gasteiger partial charge in [0.2, 0.25) is 0 Å². The summed E-state index contributed by atoms with van der Waals surface area (Å²) in [7, 11) is 0. The topological polar surface area (TPSA) is 116 Å². The Morgan fingerprint density at radius 3 is 2.15 bits per heavy atom. The molecule has 0 aromatic carbocycles. The van der Waals surface area contributed by atoms with Crippen LogP contribution in [0.1, 0.15) is 0 Å². The molecule has 0 aliphatic carbocycles. The third-order valence-corrected chi connectivity index (χ3v) is 1.95. The number of nitrogens with two attached hydrogens (primary N) is 1. The Morgan fingerprint density at radius 1 is 1.15 bits per heavy atom. The van der Waals surface area contributed by atoms with Crippen LogP contribution < -0.4 is 5.73 Å². The van der Waals surface area contributed by atoms with Gasteiger partial charge in [-0.1, -0.05) is 0 Å². The van der Waals surface area contributed by atoms with Crippen LogP contribution in [0.2, 0.25) is 0 Å². The molecular weight excluding hydrogens is 197 g/mol. The number of hydrogen-bond donors (Lipinski definition) is 5. The fourth-order valence-electron chi connectivity index (χ4n) is 1.12.